The fourth-order valence-electron chi connectivity index (χ4n) is 0.786. The van der Waals surface area contributed by atoms with Crippen LogP contribution in [0.15, 0.2) is 12.2 Å². The molecule has 0 saturated heterocycles. The molecular formula is C9H17NO4S. The Hall–Kier alpha value is -0.880. The number of hydrogen-bond acceptors (Lipinski definition) is 5. The first kappa shape index (κ1) is 14.1. The first-order valence-electron chi connectivity index (χ1n) is 4.51. The Morgan fingerprint density at radius 2 is 1.93 bits per heavy atom. The molecule has 0 unspecified atom stereocenters. The highest BCUT2D eigenvalue weighted by molar-refractivity contribution is 7.87. The van der Waals surface area contributed by atoms with Crippen LogP contribution in [0, 0.1) is 0 Å². The van der Waals surface area contributed by atoms with Crippen LogP contribution in [-0.4, -0.2) is 45.7 Å². The second kappa shape index (κ2) is 5.87. The Morgan fingerprint density at radius 1 is 1.40 bits per heavy atom. The molecule has 0 aromatic heterocycles. The van der Waals surface area contributed by atoms with Gasteiger partial charge in [0, 0.05) is 5.57 Å². The van der Waals surface area contributed by atoms with Gasteiger partial charge in [0.05, 0.1) is 5.75 Å². The van der Waals surface area contributed by atoms with Gasteiger partial charge in [-0.15, -0.1) is 0 Å². The SMILES string of the molecule is C=C(C)C(=O)OS(=O)(=O)CCCN(C)C. The summed E-state index contributed by atoms with van der Waals surface area (Å²) in [5, 5.41) is 0. The molecular weight excluding hydrogens is 218 g/mol. The van der Waals surface area contributed by atoms with Crippen LogP contribution in [-0.2, 0) is 19.1 Å². The molecule has 0 radical (unpaired) electrons. The van der Waals surface area contributed by atoms with Gasteiger partial charge in [-0.3, -0.25) is 0 Å². The van der Waals surface area contributed by atoms with Crippen molar-refractivity contribution in [2.24, 2.45) is 0 Å². The minimum absolute atomic E-state index is 0.0752. The van der Waals surface area contributed by atoms with Crippen LogP contribution in [0.25, 0.3) is 0 Å². The summed E-state index contributed by atoms with van der Waals surface area (Å²) in [7, 11) is -0.0789. The fraction of sp³-hybridized carbons (Fsp3) is 0.667. The fourth-order valence-corrected chi connectivity index (χ4v) is 1.72. The molecule has 0 aliphatic rings. The number of hydrogen-bond donors (Lipinski definition) is 0. The van der Waals surface area contributed by atoms with Crippen molar-refractivity contribution in [3.05, 3.63) is 12.2 Å². The second-order valence-electron chi connectivity index (χ2n) is 3.57. The number of rotatable bonds is 6. The highest BCUT2D eigenvalue weighted by Gasteiger charge is 2.17. The number of nitrogens with zero attached hydrogens (tertiary/aromatic N) is 1. The van der Waals surface area contributed by atoms with E-state index < -0.39 is 16.1 Å². The molecule has 0 atom stereocenters. The monoisotopic (exact) mass is 235 g/mol. The van der Waals surface area contributed by atoms with Crippen LogP contribution in [0.3, 0.4) is 0 Å². The van der Waals surface area contributed by atoms with Gasteiger partial charge >= 0.3 is 16.1 Å². The van der Waals surface area contributed by atoms with Gasteiger partial charge in [-0.1, -0.05) is 6.58 Å². The van der Waals surface area contributed by atoms with Crippen LogP contribution in [0.2, 0.25) is 0 Å². The second-order valence-corrected chi connectivity index (χ2v) is 5.26. The van der Waals surface area contributed by atoms with Gasteiger partial charge in [0.25, 0.3) is 0 Å². The molecule has 0 spiro atoms. The molecule has 88 valence electrons. The van der Waals surface area contributed by atoms with Crippen LogP contribution >= 0.6 is 0 Å². The molecule has 0 bridgehead atoms. The number of carbonyl (C=O) groups excluding carboxylic acids is 1. The molecule has 15 heavy (non-hydrogen) atoms. The summed E-state index contributed by atoms with van der Waals surface area (Å²) in [6, 6.07) is 0. The van der Waals surface area contributed by atoms with Gasteiger partial charge in [-0.25, -0.2) is 4.79 Å². The molecule has 0 aromatic carbocycles. The molecule has 6 heteroatoms. The summed E-state index contributed by atoms with van der Waals surface area (Å²) < 4.78 is 26.7. The Kier molecular flexibility index (Phi) is 5.53. The van der Waals surface area contributed by atoms with Gasteiger partial charge in [0.15, 0.2) is 0 Å². The Bertz CT molecular complexity index is 332. The average molecular weight is 235 g/mol. The van der Waals surface area contributed by atoms with Crippen molar-refractivity contribution in [1.29, 1.82) is 0 Å². The lowest BCUT2D eigenvalue weighted by atomic mass is 10.4. The Morgan fingerprint density at radius 3 is 2.33 bits per heavy atom. The summed E-state index contributed by atoms with van der Waals surface area (Å²) in [5.41, 5.74) is 0.0752. The molecule has 0 fully saturated rings. The van der Waals surface area contributed by atoms with Gasteiger partial charge in [-0.2, -0.15) is 8.42 Å². The number of carbonyl (C=O) groups is 1. The molecule has 0 N–H and O–H groups in total. The third kappa shape index (κ3) is 7.10. The topological polar surface area (TPSA) is 63.7 Å². The van der Waals surface area contributed by atoms with Crippen molar-refractivity contribution < 1.29 is 17.4 Å². The minimum Gasteiger partial charge on any atom is -0.342 e. The standard InChI is InChI=1S/C9H17NO4S/c1-8(2)9(11)14-15(12,13)7-5-6-10(3)4/h1,5-7H2,2-4H3. The van der Waals surface area contributed by atoms with E-state index in [1.165, 1.54) is 6.92 Å². The lowest BCUT2D eigenvalue weighted by Crippen LogP contribution is -2.20. The first-order chi connectivity index (χ1) is 6.74. The molecule has 0 aliphatic carbocycles. The summed E-state index contributed by atoms with van der Waals surface area (Å²) in [6.45, 7) is 5.33. The molecule has 0 rings (SSSR count). The normalized spacial score (nSPS) is 11.5. The lowest BCUT2D eigenvalue weighted by molar-refractivity contribution is -0.129. The van der Waals surface area contributed by atoms with Gasteiger partial charge in [0.1, 0.15) is 0 Å². The smallest absolute Gasteiger partial charge is 0.342 e. The van der Waals surface area contributed by atoms with Crippen molar-refractivity contribution >= 4 is 16.1 Å². The van der Waals surface area contributed by atoms with Crippen LogP contribution in [0.4, 0.5) is 0 Å². The summed E-state index contributed by atoms with van der Waals surface area (Å²) in [5.74, 6) is -1.05. The molecule has 0 amide bonds. The minimum atomic E-state index is -3.76. The van der Waals surface area contributed by atoms with E-state index in [0.29, 0.717) is 13.0 Å². The maximum absolute atomic E-state index is 11.2. The van der Waals surface area contributed by atoms with Crippen molar-refractivity contribution in [2.75, 3.05) is 26.4 Å². The van der Waals surface area contributed by atoms with Crippen LogP contribution in [0.1, 0.15) is 13.3 Å². The Labute approximate surface area is 90.8 Å². The van der Waals surface area contributed by atoms with E-state index in [4.69, 9.17) is 0 Å². The van der Waals surface area contributed by atoms with E-state index >= 15 is 0 Å². The first-order valence-corrected chi connectivity index (χ1v) is 6.09. The van der Waals surface area contributed by atoms with E-state index in [9.17, 15) is 13.2 Å². The molecule has 0 saturated carbocycles. The molecule has 0 heterocycles. The van der Waals surface area contributed by atoms with E-state index in [1.54, 1.807) is 0 Å². The predicted molar refractivity (Wildman–Crippen MR) is 57.9 cm³/mol. The largest absolute Gasteiger partial charge is 0.348 e. The van der Waals surface area contributed by atoms with Gasteiger partial charge < -0.3 is 9.08 Å². The maximum Gasteiger partial charge on any atom is 0.348 e. The van der Waals surface area contributed by atoms with Gasteiger partial charge in [-0.05, 0) is 34.0 Å². The quantitative estimate of drug-likeness (QED) is 0.492. The van der Waals surface area contributed by atoms with Gasteiger partial charge in [0.2, 0.25) is 0 Å². The van der Waals surface area contributed by atoms with E-state index in [-0.39, 0.29) is 11.3 Å². The van der Waals surface area contributed by atoms with Crippen molar-refractivity contribution in [3.8, 4) is 0 Å². The van der Waals surface area contributed by atoms with Crippen molar-refractivity contribution in [2.45, 2.75) is 13.3 Å². The van der Waals surface area contributed by atoms with E-state index in [2.05, 4.69) is 10.8 Å². The third-order valence-corrected chi connectivity index (χ3v) is 2.74. The highest BCUT2D eigenvalue weighted by atomic mass is 32.2. The van der Waals surface area contributed by atoms with E-state index in [0.717, 1.165) is 0 Å². The summed E-state index contributed by atoms with van der Waals surface area (Å²) in [4.78, 5) is 12.8. The third-order valence-electron chi connectivity index (χ3n) is 1.55. The summed E-state index contributed by atoms with van der Waals surface area (Å²) in [6.07, 6.45) is 0.429. The van der Waals surface area contributed by atoms with Crippen molar-refractivity contribution in [3.63, 3.8) is 0 Å². The zero-order chi connectivity index (χ0) is 12.1. The van der Waals surface area contributed by atoms with Crippen molar-refractivity contribution in [1.82, 2.24) is 4.90 Å². The maximum atomic E-state index is 11.2. The van der Waals surface area contributed by atoms with Crippen LogP contribution < -0.4 is 0 Å². The molecule has 0 aliphatic heterocycles. The predicted octanol–water partition coefficient (Wildman–Crippen LogP) is 0.387. The van der Waals surface area contributed by atoms with E-state index in [1.807, 2.05) is 19.0 Å². The lowest BCUT2D eigenvalue weighted by Gasteiger charge is -2.09. The zero-order valence-corrected chi connectivity index (χ0v) is 10.1. The Balaban J connectivity index is 4.09. The molecule has 5 nitrogen and oxygen atoms in total. The molecule has 0 aromatic rings. The zero-order valence-electron chi connectivity index (χ0n) is 9.32. The average Bonchev–Trinajstić information content (AvgIpc) is 2.01. The highest BCUT2D eigenvalue weighted by Crippen LogP contribution is 2.02. The summed E-state index contributed by atoms with van der Waals surface area (Å²) >= 11 is 0. The van der Waals surface area contributed by atoms with Crippen LogP contribution in [0.5, 0.6) is 0 Å².